The zero-order valence-electron chi connectivity index (χ0n) is 18.8. The van der Waals surface area contributed by atoms with E-state index >= 15 is 0 Å². The molecule has 10 heteroatoms. The van der Waals surface area contributed by atoms with Crippen molar-refractivity contribution in [2.45, 2.75) is 29.9 Å². The Morgan fingerprint density at radius 1 is 1.11 bits per heavy atom. The predicted molar refractivity (Wildman–Crippen MR) is 132 cm³/mol. The molecule has 1 fully saturated rings. The molecule has 4 heterocycles. The van der Waals surface area contributed by atoms with E-state index in [9.17, 15) is 18.8 Å². The fourth-order valence-electron chi connectivity index (χ4n) is 5.11. The molecular weight excluding hydrogens is 471 g/mol. The number of nitrogens with one attached hydrogen (secondary N) is 2. The second kappa shape index (κ2) is 8.69. The summed E-state index contributed by atoms with van der Waals surface area (Å²) in [7, 11) is 0. The first kappa shape index (κ1) is 22.1. The van der Waals surface area contributed by atoms with E-state index in [-0.39, 0.29) is 29.3 Å². The lowest BCUT2D eigenvalue weighted by Crippen LogP contribution is -2.29. The Morgan fingerprint density at radius 3 is 2.86 bits per heavy atom. The van der Waals surface area contributed by atoms with Crippen LogP contribution in [-0.4, -0.2) is 48.1 Å². The van der Waals surface area contributed by atoms with Crippen LogP contribution in [0.25, 0.3) is 10.9 Å². The molecule has 2 amide bonds. The van der Waals surface area contributed by atoms with Crippen LogP contribution in [-0.2, 0) is 16.1 Å². The van der Waals surface area contributed by atoms with Gasteiger partial charge < -0.3 is 19.9 Å². The lowest BCUT2D eigenvalue weighted by atomic mass is 9.99. The quantitative estimate of drug-likeness (QED) is 0.511. The number of benzene rings is 2. The Labute approximate surface area is 204 Å². The summed E-state index contributed by atoms with van der Waals surface area (Å²) in [6.45, 7) is 1.96. The molecule has 0 bridgehead atoms. The van der Waals surface area contributed by atoms with E-state index in [4.69, 9.17) is 4.74 Å². The molecule has 2 N–H and O–H groups in total. The van der Waals surface area contributed by atoms with Gasteiger partial charge in [-0.25, -0.2) is 9.18 Å². The number of cyclic esters (lactones) is 1. The summed E-state index contributed by atoms with van der Waals surface area (Å²) in [6, 6.07) is 12.0. The van der Waals surface area contributed by atoms with Crippen LogP contribution in [0.5, 0.6) is 0 Å². The molecule has 0 saturated carbocycles. The van der Waals surface area contributed by atoms with Gasteiger partial charge in [0.05, 0.1) is 23.5 Å². The van der Waals surface area contributed by atoms with Crippen molar-refractivity contribution in [3.63, 3.8) is 0 Å². The zero-order valence-corrected chi connectivity index (χ0v) is 19.6. The van der Waals surface area contributed by atoms with Crippen LogP contribution in [0.4, 0.5) is 20.6 Å². The van der Waals surface area contributed by atoms with Gasteiger partial charge in [0.1, 0.15) is 11.9 Å². The lowest BCUT2D eigenvalue weighted by Gasteiger charge is -2.20. The molecule has 2 atom stereocenters. The van der Waals surface area contributed by atoms with Crippen molar-refractivity contribution in [1.82, 2.24) is 9.88 Å². The summed E-state index contributed by atoms with van der Waals surface area (Å²) in [6.07, 6.45) is -0.0887. The van der Waals surface area contributed by atoms with Gasteiger partial charge in [0.25, 0.3) is 5.56 Å². The number of amides is 2. The van der Waals surface area contributed by atoms with Gasteiger partial charge in [0.2, 0.25) is 5.91 Å². The first-order valence-corrected chi connectivity index (χ1v) is 12.5. The molecule has 35 heavy (non-hydrogen) atoms. The number of fused-ring (bicyclic) bond motifs is 1. The third kappa shape index (κ3) is 3.96. The van der Waals surface area contributed by atoms with Crippen molar-refractivity contribution in [3.05, 3.63) is 64.2 Å². The molecule has 180 valence electrons. The second-order valence-electron chi connectivity index (χ2n) is 9.00. The molecule has 1 saturated heterocycles. The topological polar surface area (TPSA) is 92.7 Å². The van der Waals surface area contributed by atoms with E-state index in [1.54, 1.807) is 27.7 Å². The molecule has 0 aliphatic carbocycles. The largest absolute Gasteiger partial charge is 0.444 e. The van der Waals surface area contributed by atoms with E-state index in [1.165, 1.54) is 23.9 Å². The van der Waals surface area contributed by atoms with Crippen molar-refractivity contribution in [2.24, 2.45) is 0 Å². The number of nitrogens with zero attached hydrogens (tertiary/aromatic N) is 2. The number of halogens is 1. The highest BCUT2D eigenvalue weighted by molar-refractivity contribution is 8.00. The Kier molecular flexibility index (Phi) is 5.49. The van der Waals surface area contributed by atoms with E-state index in [2.05, 4.69) is 10.6 Å². The van der Waals surface area contributed by atoms with Crippen molar-refractivity contribution in [1.29, 1.82) is 0 Å². The standard InChI is InChI=1S/C25H23FN4O4S/c26-18-4-1-14-2-6-22(32)30-11-15(23(18)24(14)30)10-27-8-7-17-12-29(25(33)34-17)16-3-5-20-19(9-16)28-21(31)13-35-20/h1-6,9,15,17,27H,7-8,10-13H2,(H,28,31)/t15-,17+/m0/s1. The zero-order chi connectivity index (χ0) is 24.1. The smallest absolute Gasteiger partial charge is 0.414 e. The van der Waals surface area contributed by atoms with Gasteiger partial charge >= 0.3 is 6.09 Å². The first-order chi connectivity index (χ1) is 17.0. The number of rotatable bonds is 6. The van der Waals surface area contributed by atoms with Crippen LogP contribution < -0.4 is 21.1 Å². The molecule has 3 aliphatic heterocycles. The van der Waals surface area contributed by atoms with Gasteiger partial charge in [0, 0.05) is 41.2 Å². The number of carbonyl (C=O) groups excluding carboxylic acids is 2. The fourth-order valence-corrected chi connectivity index (χ4v) is 5.89. The molecule has 2 aromatic carbocycles. The third-order valence-corrected chi connectivity index (χ3v) is 7.84. The first-order valence-electron chi connectivity index (χ1n) is 11.6. The van der Waals surface area contributed by atoms with Gasteiger partial charge in [-0.2, -0.15) is 0 Å². The molecule has 0 unspecified atom stereocenters. The maximum Gasteiger partial charge on any atom is 0.414 e. The number of aromatic nitrogens is 1. The molecule has 0 spiro atoms. The van der Waals surface area contributed by atoms with E-state index in [0.29, 0.717) is 60.8 Å². The number of ether oxygens (including phenoxy) is 1. The number of thioether (sulfide) groups is 1. The lowest BCUT2D eigenvalue weighted by molar-refractivity contribution is -0.113. The van der Waals surface area contributed by atoms with Crippen LogP contribution in [0.1, 0.15) is 17.9 Å². The normalized spacial score (nSPS) is 20.8. The highest BCUT2D eigenvalue weighted by Crippen LogP contribution is 2.36. The SMILES string of the molecule is O=C1CSc2ccc(N3C[C@@H](CCNC[C@H]4Cn5c(=O)ccc6ccc(F)c4c65)OC3=O)cc2N1. The van der Waals surface area contributed by atoms with Crippen LogP contribution in [0.3, 0.4) is 0 Å². The molecule has 8 nitrogen and oxygen atoms in total. The summed E-state index contributed by atoms with van der Waals surface area (Å²) in [5.74, 6) is -0.0985. The van der Waals surface area contributed by atoms with Gasteiger partial charge in [-0.1, -0.05) is 0 Å². The minimum Gasteiger partial charge on any atom is -0.444 e. The van der Waals surface area contributed by atoms with Gasteiger partial charge in [-0.3, -0.25) is 14.5 Å². The van der Waals surface area contributed by atoms with Crippen molar-refractivity contribution < 1.29 is 18.7 Å². The van der Waals surface area contributed by atoms with Gasteiger partial charge in [0.15, 0.2) is 0 Å². The van der Waals surface area contributed by atoms with Crippen molar-refractivity contribution in [3.8, 4) is 0 Å². The maximum absolute atomic E-state index is 14.6. The summed E-state index contributed by atoms with van der Waals surface area (Å²) >= 11 is 1.47. The highest BCUT2D eigenvalue weighted by Gasteiger charge is 2.33. The number of pyridine rings is 1. The second-order valence-corrected chi connectivity index (χ2v) is 10.0. The van der Waals surface area contributed by atoms with Crippen molar-refractivity contribution in [2.75, 3.05) is 35.6 Å². The summed E-state index contributed by atoms with van der Waals surface area (Å²) < 4.78 is 21.8. The molecule has 3 aliphatic rings. The summed E-state index contributed by atoms with van der Waals surface area (Å²) in [5.41, 5.74) is 2.55. The van der Waals surface area contributed by atoms with E-state index < -0.39 is 6.09 Å². The Bertz CT molecular complexity index is 1420. The monoisotopic (exact) mass is 494 g/mol. The van der Waals surface area contributed by atoms with Crippen LogP contribution >= 0.6 is 11.8 Å². The van der Waals surface area contributed by atoms with Crippen molar-refractivity contribution >= 4 is 46.0 Å². The third-order valence-electron chi connectivity index (χ3n) is 6.76. The average Bonchev–Trinajstić information content (AvgIpc) is 3.42. The molecular formula is C25H23FN4O4S. The van der Waals surface area contributed by atoms with Crippen LogP contribution in [0, 0.1) is 5.82 Å². The Morgan fingerprint density at radius 2 is 1.97 bits per heavy atom. The number of hydrogen-bond acceptors (Lipinski definition) is 6. The van der Waals surface area contributed by atoms with Crippen LogP contribution in [0.2, 0.25) is 0 Å². The highest BCUT2D eigenvalue weighted by atomic mass is 32.2. The van der Waals surface area contributed by atoms with Gasteiger partial charge in [-0.15, -0.1) is 11.8 Å². The number of carbonyl (C=O) groups is 2. The van der Waals surface area contributed by atoms with Gasteiger partial charge in [-0.05, 0) is 54.8 Å². The summed E-state index contributed by atoms with van der Waals surface area (Å²) in [4.78, 5) is 39.0. The number of anilines is 2. The molecule has 6 rings (SSSR count). The number of hydrogen-bond donors (Lipinski definition) is 2. The van der Waals surface area contributed by atoms with E-state index in [0.717, 1.165) is 10.3 Å². The predicted octanol–water partition coefficient (Wildman–Crippen LogP) is 3.29. The van der Waals surface area contributed by atoms with Crippen LogP contribution in [0.15, 0.2) is 52.2 Å². The molecule has 1 aromatic heterocycles. The average molecular weight is 495 g/mol. The Balaban J connectivity index is 1.06. The molecule has 0 radical (unpaired) electrons. The minimum atomic E-state index is -0.413. The Hall–Kier alpha value is -3.37. The fraction of sp³-hybridized carbons (Fsp3) is 0.320. The molecule has 3 aromatic rings. The maximum atomic E-state index is 14.6. The van der Waals surface area contributed by atoms with E-state index in [1.807, 2.05) is 12.1 Å². The minimum absolute atomic E-state index is 0.0565. The summed E-state index contributed by atoms with van der Waals surface area (Å²) in [5, 5.41) is 7.06.